The topological polar surface area (TPSA) is 58.6 Å². The summed E-state index contributed by atoms with van der Waals surface area (Å²) in [7, 11) is 0. The number of aryl methyl sites for hydroxylation is 1. The van der Waals surface area contributed by atoms with E-state index in [9.17, 15) is 9.90 Å². The molecule has 4 heteroatoms. The lowest BCUT2D eigenvalue weighted by Crippen LogP contribution is -2.39. The molecule has 0 heterocycles. The molecule has 130 valence electrons. The van der Waals surface area contributed by atoms with Crippen molar-refractivity contribution in [2.45, 2.75) is 66.1 Å². The Morgan fingerprint density at radius 2 is 1.87 bits per heavy atom. The second-order valence-corrected chi connectivity index (χ2v) is 6.87. The van der Waals surface area contributed by atoms with Crippen LogP contribution in [0.15, 0.2) is 18.2 Å². The minimum absolute atomic E-state index is 0.128. The van der Waals surface area contributed by atoms with E-state index in [2.05, 4.69) is 25.2 Å². The monoisotopic (exact) mass is 321 g/mol. The number of aliphatic hydroxyl groups excluding tert-OH is 1. The summed E-state index contributed by atoms with van der Waals surface area (Å²) in [5.74, 6) is 1.29. The van der Waals surface area contributed by atoms with Crippen LogP contribution in [-0.2, 0) is 4.79 Å². The third kappa shape index (κ3) is 6.61. The Morgan fingerprint density at radius 1 is 1.22 bits per heavy atom. The van der Waals surface area contributed by atoms with Crippen molar-refractivity contribution in [3.05, 3.63) is 29.3 Å². The minimum Gasteiger partial charge on any atom is -0.481 e. The van der Waals surface area contributed by atoms with Gasteiger partial charge in [-0.25, -0.2) is 0 Å². The van der Waals surface area contributed by atoms with E-state index in [1.165, 1.54) is 5.56 Å². The first-order valence-corrected chi connectivity index (χ1v) is 8.43. The maximum atomic E-state index is 12.2. The fourth-order valence-corrected chi connectivity index (χ4v) is 2.43. The number of aliphatic hydroxyl groups is 1. The highest BCUT2D eigenvalue weighted by molar-refractivity contribution is 5.80. The maximum absolute atomic E-state index is 12.2. The molecule has 3 atom stereocenters. The van der Waals surface area contributed by atoms with Gasteiger partial charge in [-0.3, -0.25) is 4.79 Å². The van der Waals surface area contributed by atoms with E-state index in [4.69, 9.17) is 4.74 Å². The van der Waals surface area contributed by atoms with Crippen molar-refractivity contribution in [2.75, 3.05) is 6.54 Å². The number of hydrogen-bond acceptors (Lipinski definition) is 3. The summed E-state index contributed by atoms with van der Waals surface area (Å²) in [6, 6.07) is 6.13. The third-order valence-electron chi connectivity index (χ3n) is 3.92. The zero-order valence-electron chi connectivity index (χ0n) is 15.2. The largest absolute Gasteiger partial charge is 0.481 e. The molecule has 4 nitrogen and oxygen atoms in total. The first kappa shape index (κ1) is 19.5. The van der Waals surface area contributed by atoms with Crippen molar-refractivity contribution >= 4 is 5.91 Å². The number of rotatable bonds is 8. The molecule has 0 fully saturated rings. The van der Waals surface area contributed by atoms with Crippen LogP contribution in [0, 0.1) is 12.8 Å². The SMILES string of the molecule is Cc1ccc(C(C)C)cc1OC(C)C(=O)NCC(C)CC(C)O. The molecule has 0 aliphatic rings. The first-order valence-electron chi connectivity index (χ1n) is 8.43. The number of carbonyl (C=O) groups excluding carboxylic acids is 1. The lowest BCUT2D eigenvalue weighted by Gasteiger charge is -2.19. The first-order chi connectivity index (χ1) is 10.7. The van der Waals surface area contributed by atoms with Gasteiger partial charge in [-0.15, -0.1) is 0 Å². The Hall–Kier alpha value is -1.55. The summed E-state index contributed by atoms with van der Waals surface area (Å²) in [6.45, 7) is 12.3. The van der Waals surface area contributed by atoms with E-state index in [-0.39, 0.29) is 17.9 Å². The zero-order valence-corrected chi connectivity index (χ0v) is 15.2. The molecule has 0 saturated carbocycles. The van der Waals surface area contributed by atoms with E-state index in [0.717, 1.165) is 11.3 Å². The highest BCUT2D eigenvalue weighted by atomic mass is 16.5. The molecule has 1 aromatic rings. The van der Waals surface area contributed by atoms with Crippen molar-refractivity contribution in [3.63, 3.8) is 0 Å². The molecule has 0 radical (unpaired) electrons. The van der Waals surface area contributed by atoms with Gasteiger partial charge in [0.2, 0.25) is 0 Å². The van der Waals surface area contributed by atoms with Crippen molar-refractivity contribution in [1.82, 2.24) is 5.32 Å². The predicted molar refractivity (Wildman–Crippen MR) is 93.8 cm³/mol. The Bertz CT molecular complexity index is 511. The van der Waals surface area contributed by atoms with Crippen LogP contribution in [0.2, 0.25) is 0 Å². The van der Waals surface area contributed by atoms with Crippen LogP contribution in [0.4, 0.5) is 0 Å². The summed E-state index contributed by atoms with van der Waals surface area (Å²) in [4.78, 5) is 12.2. The average molecular weight is 321 g/mol. The van der Waals surface area contributed by atoms with Crippen LogP contribution in [0.25, 0.3) is 0 Å². The van der Waals surface area contributed by atoms with Crippen LogP contribution >= 0.6 is 0 Å². The molecule has 1 amide bonds. The fraction of sp³-hybridized carbons (Fsp3) is 0.632. The second-order valence-electron chi connectivity index (χ2n) is 6.87. The van der Waals surface area contributed by atoms with Crippen molar-refractivity contribution in [2.24, 2.45) is 5.92 Å². The van der Waals surface area contributed by atoms with Crippen LogP contribution < -0.4 is 10.1 Å². The smallest absolute Gasteiger partial charge is 0.260 e. The number of amides is 1. The van der Waals surface area contributed by atoms with Crippen LogP contribution in [0.5, 0.6) is 5.75 Å². The van der Waals surface area contributed by atoms with Crippen molar-refractivity contribution in [3.8, 4) is 5.75 Å². The Balaban J connectivity index is 2.60. The summed E-state index contributed by atoms with van der Waals surface area (Å²) in [6.07, 6.45) is -0.225. The predicted octanol–water partition coefficient (Wildman–Crippen LogP) is 3.41. The lowest BCUT2D eigenvalue weighted by molar-refractivity contribution is -0.127. The van der Waals surface area contributed by atoms with E-state index >= 15 is 0 Å². The van der Waals surface area contributed by atoms with Crippen LogP contribution in [-0.4, -0.2) is 29.8 Å². The van der Waals surface area contributed by atoms with Gasteiger partial charge in [0.1, 0.15) is 5.75 Å². The van der Waals surface area contributed by atoms with Gasteiger partial charge in [0.05, 0.1) is 6.10 Å². The number of carbonyl (C=O) groups is 1. The van der Waals surface area contributed by atoms with Gasteiger partial charge in [-0.1, -0.05) is 32.9 Å². The van der Waals surface area contributed by atoms with Gasteiger partial charge < -0.3 is 15.2 Å². The molecule has 0 aliphatic carbocycles. The number of nitrogens with one attached hydrogen (secondary N) is 1. The van der Waals surface area contributed by atoms with E-state index < -0.39 is 6.10 Å². The van der Waals surface area contributed by atoms with Gasteiger partial charge in [0.15, 0.2) is 6.10 Å². The quantitative estimate of drug-likeness (QED) is 0.771. The molecule has 1 aromatic carbocycles. The van der Waals surface area contributed by atoms with E-state index in [1.54, 1.807) is 13.8 Å². The molecule has 0 saturated heterocycles. The summed E-state index contributed by atoms with van der Waals surface area (Å²) < 4.78 is 5.85. The highest BCUT2D eigenvalue weighted by Gasteiger charge is 2.17. The maximum Gasteiger partial charge on any atom is 0.260 e. The fourth-order valence-electron chi connectivity index (χ4n) is 2.43. The van der Waals surface area contributed by atoms with E-state index in [0.29, 0.717) is 18.9 Å². The molecule has 23 heavy (non-hydrogen) atoms. The van der Waals surface area contributed by atoms with Gasteiger partial charge >= 0.3 is 0 Å². The summed E-state index contributed by atoms with van der Waals surface area (Å²) in [5, 5.41) is 12.2. The Kier molecular flexibility index (Phi) is 7.56. The molecule has 3 unspecified atom stereocenters. The molecule has 1 rings (SSSR count). The molecular formula is C19H31NO3. The minimum atomic E-state index is -0.546. The molecule has 0 bridgehead atoms. The molecule has 0 aromatic heterocycles. The van der Waals surface area contributed by atoms with Crippen molar-refractivity contribution < 1.29 is 14.6 Å². The number of hydrogen-bond donors (Lipinski definition) is 2. The average Bonchev–Trinajstić information content (AvgIpc) is 2.45. The standard InChI is InChI=1S/C19H31NO3/c1-12(2)17-8-7-14(4)18(10-17)23-16(6)19(22)20-11-13(3)9-15(5)21/h7-8,10,12-13,15-16,21H,9,11H2,1-6H3,(H,20,22). The highest BCUT2D eigenvalue weighted by Crippen LogP contribution is 2.25. The second kappa shape index (κ2) is 8.92. The molecule has 2 N–H and O–H groups in total. The Morgan fingerprint density at radius 3 is 2.43 bits per heavy atom. The molecular weight excluding hydrogens is 290 g/mol. The summed E-state index contributed by atoms with van der Waals surface area (Å²) >= 11 is 0. The lowest BCUT2D eigenvalue weighted by atomic mass is 10.0. The van der Waals surface area contributed by atoms with E-state index in [1.807, 2.05) is 26.0 Å². The third-order valence-corrected chi connectivity index (χ3v) is 3.92. The number of benzene rings is 1. The van der Waals surface area contributed by atoms with Gasteiger partial charge in [-0.2, -0.15) is 0 Å². The normalized spacial score (nSPS) is 15.1. The van der Waals surface area contributed by atoms with Crippen LogP contribution in [0.3, 0.4) is 0 Å². The van der Waals surface area contributed by atoms with Gasteiger partial charge in [0.25, 0.3) is 5.91 Å². The van der Waals surface area contributed by atoms with Crippen LogP contribution in [0.1, 0.15) is 58.1 Å². The molecule has 0 spiro atoms. The molecule has 0 aliphatic heterocycles. The summed E-state index contributed by atoms with van der Waals surface area (Å²) in [5.41, 5.74) is 2.22. The Labute approximate surface area is 140 Å². The van der Waals surface area contributed by atoms with Crippen molar-refractivity contribution in [1.29, 1.82) is 0 Å². The van der Waals surface area contributed by atoms with Gasteiger partial charge in [0, 0.05) is 6.54 Å². The number of ether oxygens (including phenoxy) is 1. The zero-order chi connectivity index (χ0) is 17.6. The van der Waals surface area contributed by atoms with Gasteiger partial charge in [-0.05, 0) is 56.2 Å².